The highest BCUT2D eigenvalue weighted by atomic mass is 19.4. The summed E-state index contributed by atoms with van der Waals surface area (Å²) in [5.74, 6) is -0.742. The van der Waals surface area contributed by atoms with Crippen molar-refractivity contribution in [3.8, 4) is 0 Å². The van der Waals surface area contributed by atoms with Crippen LogP contribution in [-0.2, 0) is 6.42 Å². The predicted molar refractivity (Wildman–Crippen MR) is 80.9 cm³/mol. The van der Waals surface area contributed by atoms with Crippen LogP contribution in [0.1, 0.15) is 50.2 Å². The van der Waals surface area contributed by atoms with E-state index in [-0.39, 0.29) is 6.08 Å². The molecule has 1 fully saturated rings. The molecule has 1 aromatic carbocycles. The van der Waals surface area contributed by atoms with Gasteiger partial charge in [0.25, 0.3) is 0 Å². The van der Waals surface area contributed by atoms with Crippen molar-refractivity contribution >= 4 is 6.08 Å². The lowest BCUT2D eigenvalue weighted by atomic mass is 9.78. The van der Waals surface area contributed by atoms with Crippen LogP contribution in [0, 0.1) is 23.5 Å². The Labute approximate surface area is 133 Å². The Kier molecular flexibility index (Phi) is 5.82. The zero-order chi connectivity index (χ0) is 17.0. The highest BCUT2D eigenvalue weighted by Crippen LogP contribution is 2.33. The summed E-state index contributed by atoms with van der Waals surface area (Å²) in [6, 6.07) is 2.32. The summed E-state index contributed by atoms with van der Waals surface area (Å²) in [5, 5.41) is 0. The Bertz CT molecular complexity index is 528. The monoisotopic (exact) mass is 332 g/mol. The molecular formula is C18H21F5. The third-order valence-electron chi connectivity index (χ3n) is 4.65. The van der Waals surface area contributed by atoms with Gasteiger partial charge in [0.1, 0.15) is 11.6 Å². The molecule has 0 aliphatic heterocycles. The summed E-state index contributed by atoms with van der Waals surface area (Å²) in [5.41, 5.74) is -0.120. The van der Waals surface area contributed by atoms with Crippen LogP contribution in [0.15, 0.2) is 18.2 Å². The maximum atomic E-state index is 13.9. The molecule has 2 rings (SSSR count). The smallest absolute Gasteiger partial charge is 0.206 e. The zero-order valence-corrected chi connectivity index (χ0v) is 13.1. The van der Waals surface area contributed by atoms with Crippen molar-refractivity contribution in [3.05, 3.63) is 41.0 Å². The second-order valence-corrected chi connectivity index (χ2v) is 6.35. The second kappa shape index (κ2) is 7.45. The molecule has 128 valence electrons. The fourth-order valence-corrected chi connectivity index (χ4v) is 3.27. The molecule has 0 amide bonds. The van der Waals surface area contributed by atoms with Crippen molar-refractivity contribution in [2.75, 3.05) is 0 Å². The normalized spacial score (nSPS) is 22.7. The van der Waals surface area contributed by atoms with E-state index in [1.807, 2.05) is 0 Å². The molecule has 0 radical (unpaired) electrons. The molecule has 0 unspecified atom stereocenters. The molecule has 1 aliphatic rings. The van der Waals surface area contributed by atoms with Crippen molar-refractivity contribution in [2.24, 2.45) is 11.8 Å². The van der Waals surface area contributed by atoms with Crippen LogP contribution in [0.2, 0.25) is 0 Å². The highest BCUT2D eigenvalue weighted by Gasteiger charge is 2.23. The molecule has 0 atom stereocenters. The van der Waals surface area contributed by atoms with E-state index in [0.29, 0.717) is 24.0 Å². The maximum Gasteiger partial charge on any atom is 0.409 e. The molecule has 1 aromatic rings. The first kappa shape index (κ1) is 18.0. The van der Waals surface area contributed by atoms with Gasteiger partial charge in [-0.05, 0) is 54.9 Å². The summed E-state index contributed by atoms with van der Waals surface area (Å²) in [7, 11) is 0. The zero-order valence-electron chi connectivity index (χ0n) is 13.1. The molecule has 5 heteroatoms. The summed E-state index contributed by atoms with van der Waals surface area (Å²) in [4.78, 5) is 0. The van der Waals surface area contributed by atoms with Crippen LogP contribution >= 0.6 is 0 Å². The van der Waals surface area contributed by atoms with Crippen LogP contribution in [0.25, 0.3) is 6.08 Å². The van der Waals surface area contributed by atoms with E-state index >= 15 is 0 Å². The Morgan fingerprint density at radius 1 is 1.00 bits per heavy atom. The number of halogens is 5. The van der Waals surface area contributed by atoms with Crippen LogP contribution in [0.3, 0.4) is 0 Å². The topological polar surface area (TPSA) is 0 Å². The Morgan fingerprint density at radius 2 is 1.52 bits per heavy atom. The van der Waals surface area contributed by atoms with Crippen LogP contribution in [0.5, 0.6) is 0 Å². The third kappa shape index (κ3) is 5.33. The van der Waals surface area contributed by atoms with E-state index < -0.39 is 23.4 Å². The Balaban J connectivity index is 2.06. The SMILES string of the molecule is CCC1CCC(Cc2cc(F)c(/C=C/C(F)(F)F)c(F)c2)CC1. The van der Waals surface area contributed by atoms with Gasteiger partial charge in [-0.15, -0.1) is 0 Å². The first-order valence-corrected chi connectivity index (χ1v) is 8.02. The lowest BCUT2D eigenvalue weighted by molar-refractivity contribution is -0.0790. The summed E-state index contributed by atoms with van der Waals surface area (Å²) in [6.07, 6.45) is 1.80. The second-order valence-electron chi connectivity index (χ2n) is 6.35. The number of allylic oxidation sites excluding steroid dienone is 1. The van der Waals surface area contributed by atoms with Gasteiger partial charge in [0.15, 0.2) is 0 Å². The van der Waals surface area contributed by atoms with Crippen LogP contribution in [-0.4, -0.2) is 6.18 Å². The molecule has 0 saturated heterocycles. The van der Waals surface area contributed by atoms with E-state index in [9.17, 15) is 22.0 Å². The molecule has 23 heavy (non-hydrogen) atoms. The number of hydrogen-bond donors (Lipinski definition) is 0. The van der Waals surface area contributed by atoms with E-state index in [1.165, 1.54) is 0 Å². The van der Waals surface area contributed by atoms with Gasteiger partial charge < -0.3 is 0 Å². The van der Waals surface area contributed by atoms with Gasteiger partial charge in [0.2, 0.25) is 0 Å². The molecule has 0 N–H and O–H groups in total. The van der Waals surface area contributed by atoms with Crippen molar-refractivity contribution in [1.82, 2.24) is 0 Å². The lowest BCUT2D eigenvalue weighted by Gasteiger charge is -2.27. The summed E-state index contributed by atoms with van der Waals surface area (Å²) in [6.45, 7) is 2.17. The van der Waals surface area contributed by atoms with Crippen molar-refractivity contribution in [2.45, 2.75) is 51.6 Å². The first-order valence-electron chi connectivity index (χ1n) is 8.02. The van der Waals surface area contributed by atoms with E-state index in [1.54, 1.807) is 0 Å². The van der Waals surface area contributed by atoms with Gasteiger partial charge in [0.05, 0.1) is 0 Å². The van der Waals surface area contributed by atoms with E-state index in [0.717, 1.165) is 50.2 Å². The van der Waals surface area contributed by atoms with Crippen LogP contribution in [0.4, 0.5) is 22.0 Å². The predicted octanol–water partition coefficient (Wildman–Crippen LogP) is 6.30. The number of hydrogen-bond acceptors (Lipinski definition) is 0. The molecule has 1 saturated carbocycles. The summed E-state index contributed by atoms with van der Waals surface area (Å²) < 4.78 is 64.2. The van der Waals surface area contributed by atoms with Gasteiger partial charge >= 0.3 is 6.18 Å². The van der Waals surface area contributed by atoms with Gasteiger partial charge in [0, 0.05) is 11.6 Å². The number of benzene rings is 1. The molecule has 1 aliphatic carbocycles. The van der Waals surface area contributed by atoms with Crippen molar-refractivity contribution in [3.63, 3.8) is 0 Å². The average Bonchev–Trinajstić information content (AvgIpc) is 2.46. The molecule has 0 heterocycles. The minimum atomic E-state index is -4.59. The average molecular weight is 332 g/mol. The third-order valence-corrected chi connectivity index (χ3v) is 4.65. The molecule has 0 spiro atoms. The largest absolute Gasteiger partial charge is 0.409 e. The Hall–Kier alpha value is -1.39. The first-order chi connectivity index (χ1) is 10.8. The number of rotatable bonds is 4. The van der Waals surface area contributed by atoms with E-state index in [2.05, 4.69) is 6.92 Å². The molecule has 0 aromatic heterocycles. The molecular weight excluding hydrogens is 311 g/mol. The minimum Gasteiger partial charge on any atom is -0.206 e. The van der Waals surface area contributed by atoms with Gasteiger partial charge in [-0.1, -0.05) is 26.2 Å². The lowest BCUT2D eigenvalue weighted by Crippen LogP contribution is -2.16. The summed E-state index contributed by atoms with van der Waals surface area (Å²) >= 11 is 0. The maximum absolute atomic E-state index is 13.9. The van der Waals surface area contributed by atoms with Crippen molar-refractivity contribution in [1.29, 1.82) is 0 Å². The van der Waals surface area contributed by atoms with Crippen molar-refractivity contribution < 1.29 is 22.0 Å². The van der Waals surface area contributed by atoms with Gasteiger partial charge in [-0.25, -0.2) is 8.78 Å². The van der Waals surface area contributed by atoms with Gasteiger partial charge in [-0.2, -0.15) is 13.2 Å². The highest BCUT2D eigenvalue weighted by molar-refractivity contribution is 5.52. The minimum absolute atomic E-state index is 0.153. The molecule has 0 bridgehead atoms. The number of alkyl halides is 3. The fourth-order valence-electron chi connectivity index (χ4n) is 3.27. The van der Waals surface area contributed by atoms with E-state index in [4.69, 9.17) is 0 Å². The fraction of sp³-hybridized carbons (Fsp3) is 0.556. The standard InChI is InChI=1S/C18H21F5/c1-2-12-3-5-13(6-4-12)9-14-10-16(19)15(17(20)11-14)7-8-18(21,22)23/h7-8,10-13H,2-6,9H2,1H3/b8-7+. The molecule has 0 nitrogen and oxygen atoms in total. The quantitative estimate of drug-likeness (QED) is 0.568. The van der Waals surface area contributed by atoms with Gasteiger partial charge in [-0.3, -0.25) is 0 Å². The van der Waals surface area contributed by atoms with Crippen LogP contribution < -0.4 is 0 Å². The Morgan fingerprint density at radius 3 is 2.00 bits per heavy atom.